The topological polar surface area (TPSA) is 55.2 Å². The predicted molar refractivity (Wildman–Crippen MR) is 91.6 cm³/mol. The Labute approximate surface area is 152 Å². The highest BCUT2D eigenvalue weighted by atomic mass is 79.9. The van der Waals surface area contributed by atoms with Gasteiger partial charge in [0.05, 0.1) is 11.0 Å². The molecule has 0 bridgehead atoms. The summed E-state index contributed by atoms with van der Waals surface area (Å²) < 4.78 is 64.7. The standard InChI is InChI=1S/C15H17BrF3N3O2S/c1-2-14-20-12-4-3-10(16)9-13(12)22(14)11-5-7-21(8-6-11)25(23,24)15(17,18)19/h3-4,9,11H,2,5-8H2,1H3. The van der Waals surface area contributed by atoms with Crippen LogP contribution in [-0.2, 0) is 16.4 Å². The van der Waals surface area contributed by atoms with Crippen LogP contribution < -0.4 is 0 Å². The molecule has 1 aromatic carbocycles. The fourth-order valence-corrected chi connectivity index (χ4v) is 4.59. The number of rotatable bonds is 3. The fraction of sp³-hybridized carbons (Fsp3) is 0.533. The second-order valence-electron chi connectivity index (χ2n) is 5.97. The Morgan fingerprint density at radius 1 is 1.28 bits per heavy atom. The van der Waals surface area contributed by atoms with Crippen molar-refractivity contribution >= 4 is 37.0 Å². The number of piperidine rings is 1. The molecule has 25 heavy (non-hydrogen) atoms. The Hall–Kier alpha value is -1.13. The molecule has 5 nitrogen and oxygen atoms in total. The van der Waals surface area contributed by atoms with E-state index in [1.165, 1.54) is 0 Å². The van der Waals surface area contributed by atoms with Gasteiger partial charge >= 0.3 is 15.5 Å². The average molecular weight is 440 g/mol. The lowest BCUT2D eigenvalue weighted by molar-refractivity contribution is -0.0496. The van der Waals surface area contributed by atoms with Crippen molar-refractivity contribution in [1.82, 2.24) is 13.9 Å². The molecule has 3 rings (SSSR count). The number of aryl methyl sites for hydroxylation is 1. The van der Waals surface area contributed by atoms with Crippen LogP contribution in [0.25, 0.3) is 11.0 Å². The molecular weight excluding hydrogens is 423 g/mol. The molecule has 0 atom stereocenters. The van der Waals surface area contributed by atoms with Crippen LogP contribution in [0, 0.1) is 0 Å². The zero-order chi connectivity index (χ0) is 18.4. The summed E-state index contributed by atoms with van der Waals surface area (Å²) in [7, 11) is -5.26. The maximum Gasteiger partial charge on any atom is 0.511 e. The third-order valence-electron chi connectivity index (χ3n) is 4.46. The van der Waals surface area contributed by atoms with Gasteiger partial charge < -0.3 is 4.57 Å². The number of alkyl halides is 3. The molecule has 1 aromatic heterocycles. The zero-order valence-electron chi connectivity index (χ0n) is 13.4. The van der Waals surface area contributed by atoms with Crippen LogP contribution in [0.15, 0.2) is 22.7 Å². The van der Waals surface area contributed by atoms with E-state index in [1.54, 1.807) is 0 Å². The molecule has 0 N–H and O–H groups in total. The summed E-state index contributed by atoms with van der Waals surface area (Å²) in [6.07, 6.45) is 1.33. The van der Waals surface area contributed by atoms with E-state index < -0.39 is 15.5 Å². The molecule has 138 valence electrons. The van der Waals surface area contributed by atoms with Gasteiger partial charge in [-0.3, -0.25) is 0 Å². The molecule has 1 aliphatic heterocycles. The number of aromatic nitrogens is 2. The maximum absolute atomic E-state index is 12.7. The minimum absolute atomic E-state index is 0.0751. The molecule has 1 aliphatic rings. The number of benzene rings is 1. The third kappa shape index (κ3) is 3.31. The number of hydrogen-bond donors (Lipinski definition) is 0. The highest BCUT2D eigenvalue weighted by Crippen LogP contribution is 2.34. The highest BCUT2D eigenvalue weighted by molar-refractivity contribution is 9.10. The largest absolute Gasteiger partial charge is 0.511 e. The van der Waals surface area contributed by atoms with Crippen molar-refractivity contribution < 1.29 is 21.6 Å². The van der Waals surface area contributed by atoms with Crippen molar-refractivity contribution in [3.8, 4) is 0 Å². The van der Waals surface area contributed by atoms with E-state index in [1.807, 2.05) is 29.7 Å². The summed E-state index contributed by atoms with van der Waals surface area (Å²) in [5.41, 5.74) is -3.52. The maximum atomic E-state index is 12.7. The quantitative estimate of drug-likeness (QED) is 0.729. The zero-order valence-corrected chi connectivity index (χ0v) is 15.8. The first kappa shape index (κ1) is 18.7. The third-order valence-corrected chi connectivity index (χ3v) is 6.59. The van der Waals surface area contributed by atoms with Gasteiger partial charge in [-0.05, 0) is 31.0 Å². The Morgan fingerprint density at radius 2 is 1.92 bits per heavy atom. The monoisotopic (exact) mass is 439 g/mol. The van der Waals surface area contributed by atoms with E-state index in [0.717, 1.165) is 21.3 Å². The summed E-state index contributed by atoms with van der Waals surface area (Å²) in [5, 5.41) is 0. The minimum Gasteiger partial charge on any atom is -0.325 e. The van der Waals surface area contributed by atoms with Crippen molar-refractivity contribution in [1.29, 1.82) is 0 Å². The second kappa shape index (κ2) is 6.55. The van der Waals surface area contributed by atoms with Crippen LogP contribution in [0.4, 0.5) is 13.2 Å². The smallest absolute Gasteiger partial charge is 0.325 e. The van der Waals surface area contributed by atoms with Crippen molar-refractivity contribution in [2.45, 2.75) is 37.7 Å². The summed E-state index contributed by atoms with van der Waals surface area (Å²) >= 11 is 3.43. The highest BCUT2D eigenvalue weighted by Gasteiger charge is 2.50. The first-order valence-electron chi connectivity index (χ1n) is 7.88. The van der Waals surface area contributed by atoms with Gasteiger partial charge in [0.25, 0.3) is 0 Å². The van der Waals surface area contributed by atoms with Crippen LogP contribution in [0.1, 0.15) is 31.6 Å². The van der Waals surface area contributed by atoms with Crippen LogP contribution in [0.3, 0.4) is 0 Å². The molecule has 2 aromatic rings. The lowest BCUT2D eigenvalue weighted by Crippen LogP contribution is -2.45. The molecule has 0 radical (unpaired) electrons. The molecule has 0 aliphatic carbocycles. The number of hydrogen-bond acceptors (Lipinski definition) is 3. The molecule has 0 saturated carbocycles. The lowest BCUT2D eigenvalue weighted by Gasteiger charge is -2.33. The van der Waals surface area contributed by atoms with E-state index >= 15 is 0 Å². The van der Waals surface area contributed by atoms with E-state index in [9.17, 15) is 21.6 Å². The number of nitrogens with zero attached hydrogens (tertiary/aromatic N) is 3. The molecule has 1 fully saturated rings. The summed E-state index contributed by atoms with van der Waals surface area (Å²) in [5.74, 6) is 0.852. The molecule has 0 unspecified atom stereocenters. The van der Waals surface area contributed by atoms with Crippen molar-refractivity contribution in [3.05, 3.63) is 28.5 Å². The Bertz CT molecular complexity index is 887. The molecule has 2 heterocycles. The molecular formula is C15H17BrF3N3O2S. The second-order valence-corrected chi connectivity index (χ2v) is 8.81. The minimum atomic E-state index is -5.26. The van der Waals surface area contributed by atoms with Crippen molar-refractivity contribution in [2.75, 3.05) is 13.1 Å². The van der Waals surface area contributed by atoms with E-state index in [2.05, 4.69) is 20.9 Å². The summed E-state index contributed by atoms with van der Waals surface area (Å²) in [6.45, 7) is 1.67. The van der Waals surface area contributed by atoms with Crippen LogP contribution in [0.2, 0.25) is 0 Å². The van der Waals surface area contributed by atoms with Gasteiger partial charge in [0.1, 0.15) is 5.82 Å². The number of imidazole rings is 1. The number of halogens is 4. The number of fused-ring (bicyclic) bond motifs is 1. The van der Waals surface area contributed by atoms with Crippen molar-refractivity contribution in [3.63, 3.8) is 0 Å². The molecule has 1 saturated heterocycles. The van der Waals surface area contributed by atoms with Crippen LogP contribution in [-0.4, -0.2) is 40.9 Å². The van der Waals surface area contributed by atoms with Gasteiger partial charge in [0.15, 0.2) is 0 Å². The van der Waals surface area contributed by atoms with Gasteiger partial charge in [0.2, 0.25) is 0 Å². The number of sulfonamides is 1. The summed E-state index contributed by atoms with van der Waals surface area (Å²) in [6, 6.07) is 5.63. The van der Waals surface area contributed by atoms with Gasteiger partial charge in [-0.25, -0.2) is 13.4 Å². The first-order chi connectivity index (χ1) is 11.6. The Morgan fingerprint density at radius 3 is 2.48 bits per heavy atom. The lowest BCUT2D eigenvalue weighted by atomic mass is 10.1. The molecule has 10 heteroatoms. The van der Waals surface area contributed by atoms with Crippen LogP contribution in [0.5, 0.6) is 0 Å². The normalized spacial score (nSPS) is 18.1. The molecule has 0 amide bonds. The Balaban J connectivity index is 1.89. The van der Waals surface area contributed by atoms with Gasteiger partial charge in [0, 0.05) is 30.0 Å². The molecule has 0 spiro atoms. The van der Waals surface area contributed by atoms with E-state index in [4.69, 9.17) is 0 Å². The SMILES string of the molecule is CCc1nc2ccc(Br)cc2n1C1CCN(S(=O)(=O)C(F)(F)F)CC1. The van der Waals surface area contributed by atoms with Gasteiger partial charge in [-0.2, -0.15) is 17.5 Å². The van der Waals surface area contributed by atoms with Gasteiger partial charge in [-0.15, -0.1) is 0 Å². The first-order valence-corrected chi connectivity index (χ1v) is 10.1. The van der Waals surface area contributed by atoms with E-state index in [-0.39, 0.29) is 19.1 Å². The van der Waals surface area contributed by atoms with Crippen LogP contribution >= 0.6 is 15.9 Å². The van der Waals surface area contributed by atoms with Gasteiger partial charge in [-0.1, -0.05) is 22.9 Å². The summed E-state index contributed by atoms with van der Waals surface area (Å²) in [4.78, 5) is 4.58. The fourth-order valence-electron chi connectivity index (χ4n) is 3.26. The Kier molecular flexibility index (Phi) is 4.89. The average Bonchev–Trinajstić information content (AvgIpc) is 2.91. The van der Waals surface area contributed by atoms with E-state index in [0.29, 0.717) is 23.6 Å². The predicted octanol–water partition coefficient (Wildman–Crippen LogP) is 3.85. The van der Waals surface area contributed by atoms with Crippen molar-refractivity contribution in [2.24, 2.45) is 0 Å².